The molecule has 2 aliphatic rings. The Labute approximate surface area is 170 Å². The number of carbonyl (C=O) groups is 1. The minimum atomic E-state index is -0.290. The highest BCUT2D eigenvalue weighted by molar-refractivity contribution is 5.94. The minimum Gasteiger partial charge on any atom is -0.369 e. The van der Waals surface area contributed by atoms with Crippen molar-refractivity contribution < 1.29 is 4.79 Å². The number of aromatic amines is 1. The summed E-state index contributed by atoms with van der Waals surface area (Å²) in [6.07, 6.45) is 6.87. The highest BCUT2D eigenvalue weighted by Gasteiger charge is 2.19. The fourth-order valence-electron chi connectivity index (χ4n) is 4.00. The molecule has 4 heterocycles. The average Bonchev–Trinajstić information content (AvgIpc) is 2.78. The lowest BCUT2D eigenvalue weighted by Crippen LogP contribution is -2.47. The van der Waals surface area contributed by atoms with Gasteiger partial charge in [-0.1, -0.05) is 0 Å². The standard InChI is InChI=1S/C21H28N6O2/c28-20-17-14-23-8-4-19(17)25-15-18(20)21(29)24-5-1-9-26-10-12-27(13-11-26)16-2-6-22-7-3-16/h2-3,6-7,15,23H,1,4-5,8-14H2,(H,24,29)(H,25,28). The number of H-pyrrole nitrogens is 1. The second kappa shape index (κ2) is 9.19. The molecule has 0 aromatic carbocycles. The Bertz CT molecular complexity index is 890. The first-order valence-corrected chi connectivity index (χ1v) is 10.3. The minimum absolute atomic E-state index is 0.157. The molecule has 29 heavy (non-hydrogen) atoms. The van der Waals surface area contributed by atoms with Crippen LogP contribution in [0, 0.1) is 0 Å². The number of pyridine rings is 2. The third-order valence-corrected chi connectivity index (χ3v) is 5.71. The molecule has 8 nitrogen and oxygen atoms in total. The van der Waals surface area contributed by atoms with Gasteiger partial charge in [0.2, 0.25) is 0 Å². The lowest BCUT2D eigenvalue weighted by molar-refractivity contribution is 0.0950. The molecule has 2 aromatic rings. The van der Waals surface area contributed by atoms with E-state index < -0.39 is 0 Å². The summed E-state index contributed by atoms with van der Waals surface area (Å²) >= 11 is 0. The predicted octanol–water partition coefficient (Wildman–Crippen LogP) is 0.358. The highest BCUT2D eigenvalue weighted by Crippen LogP contribution is 2.14. The van der Waals surface area contributed by atoms with E-state index in [1.165, 1.54) is 5.69 Å². The maximum Gasteiger partial charge on any atom is 0.256 e. The van der Waals surface area contributed by atoms with Crippen molar-refractivity contribution in [2.24, 2.45) is 0 Å². The maximum absolute atomic E-state index is 12.5. The van der Waals surface area contributed by atoms with Gasteiger partial charge in [0.05, 0.1) is 0 Å². The third-order valence-electron chi connectivity index (χ3n) is 5.71. The number of piperazine rings is 1. The smallest absolute Gasteiger partial charge is 0.256 e. The zero-order valence-electron chi connectivity index (χ0n) is 16.6. The Morgan fingerprint density at radius 3 is 2.76 bits per heavy atom. The second-order valence-electron chi connectivity index (χ2n) is 7.56. The number of aromatic nitrogens is 2. The average molecular weight is 396 g/mol. The van der Waals surface area contributed by atoms with Crippen molar-refractivity contribution in [2.75, 3.05) is 50.7 Å². The number of anilines is 1. The molecule has 0 bridgehead atoms. The molecule has 0 atom stereocenters. The Hall–Kier alpha value is -2.71. The number of fused-ring (bicyclic) bond motifs is 1. The molecular weight excluding hydrogens is 368 g/mol. The summed E-state index contributed by atoms with van der Waals surface area (Å²) in [4.78, 5) is 37.0. The zero-order valence-corrected chi connectivity index (χ0v) is 16.6. The van der Waals surface area contributed by atoms with E-state index in [1.54, 1.807) is 6.20 Å². The van der Waals surface area contributed by atoms with Gasteiger partial charge in [-0.3, -0.25) is 19.5 Å². The number of nitrogens with one attached hydrogen (secondary N) is 3. The van der Waals surface area contributed by atoms with Gasteiger partial charge in [0.25, 0.3) is 5.91 Å². The number of rotatable bonds is 6. The highest BCUT2D eigenvalue weighted by atomic mass is 16.2. The molecule has 2 aliphatic heterocycles. The van der Waals surface area contributed by atoms with E-state index in [4.69, 9.17) is 0 Å². The number of amides is 1. The maximum atomic E-state index is 12.5. The molecule has 1 fully saturated rings. The van der Waals surface area contributed by atoms with Crippen LogP contribution in [-0.4, -0.2) is 66.6 Å². The van der Waals surface area contributed by atoms with E-state index in [1.807, 2.05) is 24.5 Å². The Kier molecular flexibility index (Phi) is 6.21. The summed E-state index contributed by atoms with van der Waals surface area (Å²) in [5, 5.41) is 6.08. The van der Waals surface area contributed by atoms with Crippen molar-refractivity contribution >= 4 is 11.6 Å². The summed E-state index contributed by atoms with van der Waals surface area (Å²) in [6, 6.07) is 4.09. The molecule has 3 N–H and O–H groups in total. The van der Waals surface area contributed by atoms with Gasteiger partial charge in [-0.15, -0.1) is 0 Å². The van der Waals surface area contributed by atoms with Gasteiger partial charge in [0.1, 0.15) is 5.56 Å². The molecule has 8 heteroatoms. The monoisotopic (exact) mass is 396 g/mol. The van der Waals surface area contributed by atoms with E-state index in [2.05, 4.69) is 30.4 Å². The van der Waals surface area contributed by atoms with E-state index in [0.717, 1.165) is 57.8 Å². The molecule has 0 spiro atoms. The first kappa shape index (κ1) is 19.6. The Morgan fingerprint density at radius 1 is 1.17 bits per heavy atom. The van der Waals surface area contributed by atoms with Crippen LogP contribution < -0.4 is 21.0 Å². The SMILES string of the molecule is O=C(NCCCN1CCN(c2ccncc2)CC1)c1c[nH]c2c(c1=O)CNCC2. The molecule has 0 aliphatic carbocycles. The van der Waals surface area contributed by atoms with Crippen LogP contribution in [0.1, 0.15) is 28.0 Å². The van der Waals surface area contributed by atoms with Crippen molar-refractivity contribution in [3.05, 3.63) is 57.8 Å². The van der Waals surface area contributed by atoms with E-state index in [9.17, 15) is 9.59 Å². The molecule has 2 aromatic heterocycles. The van der Waals surface area contributed by atoms with Crippen molar-refractivity contribution in [1.29, 1.82) is 0 Å². The number of hydrogen-bond donors (Lipinski definition) is 3. The van der Waals surface area contributed by atoms with Crippen LogP contribution in [-0.2, 0) is 13.0 Å². The van der Waals surface area contributed by atoms with Gasteiger partial charge in [-0.25, -0.2) is 0 Å². The van der Waals surface area contributed by atoms with Gasteiger partial charge in [0, 0.05) is 87.8 Å². The Balaban J connectivity index is 1.20. The topological polar surface area (TPSA) is 93.4 Å². The van der Waals surface area contributed by atoms with Crippen LogP contribution in [0.15, 0.2) is 35.5 Å². The molecule has 0 unspecified atom stereocenters. The molecule has 0 saturated carbocycles. The summed E-state index contributed by atoms with van der Waals surface area (Å²) in [5.74, 6) is -0.290. The summed E-state index contributed by atoms with van der Waals surface area (Å²) in [5.41, 5.74) is 2.90. The van der Waals surface area contributed by atoms with Gasteiger partial charge in [-0.2, -0.15) is 0 Å². The van der Waals surface area contributed by atoms with Crippen LogP contribution in [0.5, 0.6) is 0 Å². The number of carbonyl (C=O) groups excluding carboxylic acids is 1. The van der Waals surface area contributed by atoms with Crippen molar-refractivity contribution in [1.82, 2.24) is 25.5 Å². The molecule has 154 valence electrons. The summed E-state index contributed by atoms with van der Waals surface area (Å²) in [6.45, 7) is 6.89. The first-order chi connectivity index (χ1) is 14.2. The second-order valence-corrected chi connectivity index (χ2v) is 7.56. The van der Waals surface area contributed by atoms with E-state index in [-0.39, 0.29) is 16.9 Å². The Morgan fingerprint density at radius 2 is 1.97 bits per heavy atom. The fraction of sp³-hybridized carbons (Fsp3) is 0.476. The summed E-state index contributed by atoms with van der Waals surface area (Å²) < 4.78 is 0. The number of nitrogens with zero attached hydrogens (tertiary/aromatic N) is 3. The van der Waals surface area contributed by atoms with Gasteiger partial charge < -0.3 is 20.5 Å². The lowest BCUT2D eigenvalue weighted by atomic mass is 10.0. The van der Waals surface area contributed by atoms with Crippen LogP contribution in [0.4, 0.5) is 5.69 Å². The lowest BCUT2D eigenvalue weighted by Gasteiger charge is -2.36. The molecule has 1 amide bonds. The van der Waals surface area contributed by atoms with Gasteiger partial charge >= 0.3 is 0 Å². The predicted molar refractivity (Wildman–Crippen MR) is 112 cm³/mol. The zero-order chi connectivity index (χ0) is 20.1. The van der Waals surface area contributed by atoms with Crippen LogP contribution in [0.3, 0.4) is 0 Å². The molecule has 0 radical (unpaired) electrons. The largest absolute Gasteiger partial charge is 0.369 e. The quantitative estimate of drug-likeness (QED) is 0.611. The normalized spacial score (nSPS) is 17.0. The fourth-order valence-corrected chi connectivity index (χ4v) is 4.00. The van der Waals surface area contributed by atoms with Crippen molar-refractivity contribution in [3.63, 3.8) is 0 Å². The van der Waals surface area contributed by atoms with Gasteiger partial charge in [-0.05, 0) is 25.1 Å². The third kappa shape index (κ3) is 4.65. The molecule has 4 rings (SSSR count). The van der Waals surface area contributed by atoms with Gasteiger partial charge in [0.15, 0.2) is 5.43 Å². The van der Waals surface area contributed by atoms with Crippen molar-refractivity contribution in [2.45, 2.75) is 19.4 Å². The number of hydrogen-bond acceptors (Lipinski definition) is 6. The first-order valence-electron chi connectivity index (χ1n) is 10.3. The van der Waals surface area contributed by atoms with Crippen LogP contribution in [0.25, 0.3) is 0 Å². The van der Waals surface area contributed by atoms with E-state index in [0.29, 0.717) is 18.7 Å². The molecule has 1 saturated heterocycles. The van der Waals surface area contributed by atoms with Crippen LogP contribution in [0.2, 0.25) is 0 Å². The van der Waals surface area contributed by atoms with E-state index >= 15 is 0 Å². The molecular formula is C21H28N6O2. The summed E-state index contributed by atoms with van der Waals surface area (Å²) in [7, 11) is 0. The van der Waals surface area contributed by atoms with Crippen LogP contribution >= 0.6 is 0 Å². The van der Waals surface area contributed by atoms with Crippen molar-refractivity contribution in [3.8, 4) is 0 Å².